The molecule has 28 heavy (non-hydrogen) atoms. The Morgan fingerprint density at radius 3 is 2.64 bits per heavy atom. The van der Waals surface area contributed by atoms with Crippen LogP contribution in [0.25, 0.3) is 0 Å². The van der Waals surface area contributed by atoms with Gasteiger partial charge in [-0.15, -0.1) is 0 Å². The lowest BCUT2D eigenvalue weighted by Crippen LogP contribution is -2.28. The summed E-state index contributed by atoms with van der Waals surface area (Å²) < 4.78 is 5.35. The van der Waals surface area contributed by atoms with E-state index in [4.69, 9.17) is 4.74 Å². The van der Waals surface area contributed by atoms with E-state index < -0.39 is 10.8 Å². The van der Waals surface area contributed by atoms with Crippen molar-refractivity contribution in [2.75, 3.05) is 23.9 Å². The first-order valence-corrected chi connectivity index (χ1v) is 8.81. The van der Waals surface area contributed by atoms with Gasteiger partial charge in [-0.2, -0.15) is 0 Å². The van der Waals surface area contributed by atoms with Crippen molar-refractivity contribution >= 4 is 28.9 Å². The molecule has 1 N–H and O–H groups in total. The van der Waals surface area contributed by atoms with Gasteiger partial charge in [-0.3, -0.25) is 19.7 Å². The van der Waals surface area contributed by atoms with E-state index in [1.165, 1.54) is 25.3 Å². The van der Waals surface area contributed by atoms with Crippen molar-refractivity contribution < 1.29 is 19.2 Å². The van der Waals surface area contributed by atoms with Gasteiger partial charge in [0.1, 0.15) is 5.75 Å². The average Bonchev–Trinajstić information content (AvgIpc) is 3.04. The Labute approximate surface area is 162 Å². The molecule has 0 aromatic heterocycles. The van der Waals surface area contributed by atoms with E-state index in [9.17, 15) is 19.7 Å². The monoisotopic (exact) mass is 383 g/mol. The topological polar surface area (TPSA) is 102 Å². The molecule has 0 spiro atoms. The van der Waals surface area contributed by atoms with Gasteiger partial charge in [0.25, 0.3) is 5.69 Å². The van der Waals surface area contributed by atoms with Crippen LogP contribution in [0.2, 0.25) is 0 Å². The fourth-order valence-electron chi connectivity index (χ4n) is 3.26. The number of hydrogen-bond acceptors (Lipinski definition) is 5. The van der Waals surface area contributed by atoms with Gasteiger partial charge in [0.05, 0.1) is 23.6 Å². The third-order valence-electron chi connectivity index (χ3n) is 4.80. The van der Waals surface area contributed by atoms with Crippen LogP contribution in [-0.2, 0) is 9.59 Å². The summed E-state index contributed by atoms with van der Waals surface area (Å²) in [4.78, 5) is 37.1. The number of carbonyl (C=O) groups is 2. The Hall–Kier alpha value is -3.42. The second-order valence-corrected chi connectivity index (χ2v) is 6.83. The van der Waals surface area contributed by atoms with Gasteiger partial charge in [-0.1, -0.05) is 6.07 Å². The molecule has 3 rings (SSSR count). The van der Waals surface area contributed by atoms with Gasteiger partial charge >= 0.3 is 0 Å². The molecule has 0 aliphatic carbocycles. The molecule has 0 bridgehead atoms. The summed E-state index contributed by atoms with van der Waals surface area (Å²) in [5, 5.41) is 13.6. The van der Waals surface area contributed by atoms with Crippen molar-refractivity contribution in [3.05, 3.63) is 57.6 Å². The number of non-ortho nitro benzene ring substituents is 1. The zero-order chi connectivity index (χ0) is 20.4. The number of benzene rings is 2. The van der Waals surface area contributed by atoms with Crippen LogP contribution in [0.4, 0.5) is 17.1 Å². The predicted octanol–water partition coefficient (Wildman–Crippen LogP) is 3.21. The van der Waals surface area contributed by atoms with Crippen LogP contribution in [0.5, 0.6) is 5.75 Å². The zero-order valence-electron chi connectivity index (χ0n) is 15.9. The molecular weight excluding hydrogens is 362 g/mol. The molecule has 1 aliphatic heterocycles. The number of nitro benzene ring substituents is 1. The number of nitrogens with zero attached hydrogens (tertiary/aromatic N) is 2. The van der Waals surface area contributed by atoms with Crippen LogP contribution >= 0.6 is 0 Å². The highest BCUT2D eigenvalue weighted by molar-refractivity contribution is 6.04. The number of ether oxygens (including phenoxy) is 1. The number of aryl methyl sites for hydroxylation is 2. The summed E-state index contributed by atoms with van der Waals surface area (Å²) in [5.41, 5.74) is 2.68. The van der Waals surface area contributed by atoms with Crippen molar-refractivity contribution in [2.24, 2.45) is 5.92 Å². The van der Waals surface area contributed by atoms with E-state index in [1.807, 2.05) is 19.1 Å². The Morgan fingerprint density at radius 1 is 1.25 bits per heavy atom. The maximum absolute atomic E-state index is 12.7. The summed E-state index contributed by atoms with van der Waals surface area (Å²) >= 11 is 0. The summed E-state index contributed by atoms with van der Waals surface area (Å²) in [6, 6.07) is 9.79. The van der Waals surface area contributed by atoms with E-state index >= 15 is 0 Å². The molecule has 1 fully saturated rings. The van der Waals surface area contributed by atoms with Crippen LogP contribution in [-0.4, -0.2) is 30.4 Å². The van der Waals surface area contributed by atoms with Crippen LogP contribution in [0, 0.1) is 29.9 Å². The Bertz CT molecular complexity index is 957. The number of anilines is 2. The highest BCUT2D eigenvalue weighted by atomic mass is 16.6. The molecule has 0 saturated carbocycles. The first-order valence-electron chi connectivity index (χ1n) is 8.81. The first-order chi connectivity index (χ1) is 13.3. The zero-order valence-corrected chi connectivity index (χ0v) is 15.9. The minimum Gasteiger partial charge on any atom is -0.495 e. The summed E-state index contributed by atoms with van der Waals surface area (Å²) in [7, 11) is 1.54. The minimum atomic E-state index is -0.521. The second kappa shape index (κ2) is 7.67. The van der Waals surface area contributed by atoms with Crippen molar-refractivity contribution in [1.29, 1.82) is 0 Å². The largest absolute Gasteiger partial charge is 0.495 e. The van der Waals surface area contributed by atoms with Gasteiger partial charge in [0.2, 0.25) is 11.8 Å². The summed E-state index contributed by atoms with van der Waals surface area (Å²) in [6.45, 7) is 3.86. The quantitative estimate of drug-likeness (QED) is 0.631. The lowest BCUT2D eigenvalue weighted by atomic mass is 10.1. The van der Waals surface area contributed by atoms with Crippen LogP contribution in [0.3, 0.4) is 0 Å². The second-order valence-electron chi connectivity index (χ2n) is 6.83. The number of nitrogens with one attached hydrogen (secondary N) is 1. The SMILES string of the molecule is COc1ccc(C)cc1N1CC(C(=O)Nc2ccc([N+](=O)[O-])cc2C)CC1=O. The molecule has 8 nitrogen and oxygen atoms in total. The van der Waals surface area contributed by atoms with Gasteiger partial charge in [0.15, 0.2) is 0 Å². The lowest BCUT2D eigenvalue weighted by Gasteiger charge is -2.20. The van der Waals surface area contributed by atoms with E-state index in [2.05, 4.69) is 5.32 Å². The first kappa shape index (κ1) is 19.3. The fourth-order valence-corrected chi connectivity index (χ4v) is 3.26. The standard InChI is InChI=1S/C20H21N3O5/c1-12-4-7-18(28-3)17(8-12)22-11-14(10-19(22)24)20(25)21-16-6-5-15(23(26)27)9-13(16)2/h4-9,14H,10-11H2,1-3H3,(H,21,25). The van der Waals surface area contributed by atoms with E-state index in [0.717, 1.165) is 5.56 Å². The Kier molecular flexibility index (Phi) is 5.30. The number of nitro groups is 1. The molecule has 1 heterocycles. The van der Waals surface area contributed by atoms with Crippen molar-refractivity contribution in [3.63, 3.8) is 0 Å². The van der Waals surface area contributed by atoms with E-state index in [1.54, 1.807) is 17.9 Å². The Morgan fingerprint density at radius 2 is 2.00 bits per heavy atom. The molecule has 146 valence electrons. The maximum Gasteiger partial charge on any atom is 0.269 e. The molecule has 1 aliphatic rings. The molecule has 1 saturated heterocycles. The highest BCUT2D eigenvalue weighted by Crippen LogP contribution is 2.34. The third kappa shape index (κ3) is 3.80. The van der Waals surface area contributed by atoms with Crippen LogP contribution in [0.1, 0.15) is 17.5 Å². The van der Waals surface area contributed by atoms with Crippen molar-refractivity contribution in [3.8, 4) is 5.75 Å². The smallest absolute Gasteiger partial charge is 0.269 e. The lowest BCUT2D eigenvalue weighted by molar-refractivity contribution is -0.384. The van der Waals surface area contributed by atoms with E-state index in [-0.39, 0.29) is 30.5 Å². The molecule has 2 amide bonds. The van der Waals surface area contributed by atoms with Crippen LogP contribution < -0.4 is 15.0 Å². The fraction of sp³-hybridized carbons (Fsp3) is 0.300. The molecule has 0 radical (unpaired) electrons. The molecule has 8 heteroatoms. The normalized spacial score (nSPS) is 16.2. The number of methoxy groups -OCH3 is 1. The number of hydrogen-bond donors (Lipinski definition) is 1. The minimum absolute atomic E-state index is 0.0377. The number of amides is 2. The molecule has 1 unspecified atom stereocenters. The summed E-state index contributed by atoms with van der Waals surface area (Å²) in [5.74, 6) is -0.387. The summed E-state index contributed by atoms with van der Waals surface area (Å²) in [6.07, 6.45) is 0.0922. The van der Waals surface area contributed by atoms with Gasteiger partial charge < -0.3 is 15.0 Å². The predicted molar refractivity (Wildman–Crippen MR) is 105 cm³/mol. The number of rotatable bonds is 5. The average molecular weight is 383 g/mol. The van der Waals surface area contributed by atoms with Crippen LogP contribution in [0.15, 0.2) is 36.4 Å². The number of carbonyl (C=O) groups excluding carboxylic acids is 2. The molecular formula is C20H21N3O5. The molecule has 1 atom stereocenters. The Balaban J connectivity index is 1.76. The maximum atomic E-state index is 12.7. The van der Waals surface area contributed by atoms with Crippen molar-refractivity contribution in [2.45, 2.75) is 20.3 Å². The van der Waals surface area contributed by atoms with Crippen molar-refractivity contribution in [1.82, 2.24) is 0 Å². The highest BCUT2D eigenvalue weighted by Gasteiger charge is 2.36. The van der Waals surface area contributed by atoms with Gasteiger partial charge in [-0.25, -0.2) is 0 Å². The van der Waals surface area contributed by atoms with E-state index in [0.29, 0.717) is 22.7 Å². The van der Waals surface area contributed by atoms with Gasteiger partial charge in [0, 0.05) is 30.8 Å². The molecule has 2 aromatic rings. The molecule has 2 aromatic carbocycles. The van der Waals surface area contributed by atoms with Gasteiger partial charge in [-0.05, 0) is 43.2 Å². The third-order valence-corrected chi connectivity index (χ3v) is 4.80.